The summed E-state index contributed by atoms with van der Waals surface area (Å²) in [6, 6.07) is 13.3. The summed E-state index contributed by atoms with van der Waals surface area (Å²) in [4.78, 5) is 12.9. The summed E-state index contributed by atoms with van der Waals surface area (Å²) in [5.74, 6) is 2.46. The van der Waals surface area contributed by atoms with E-state index in [1.165, 1.54) is 0 Å². The van der Waals surface area contributed by atoms with Crippen LogP contribution >= 0.6 is 11.6 Å². The molecule has 1 heterocycles. The van der Waals surface area contributed by atoms with E-state index in [9.17, 15) is 0 Å². The molecule has 0 unspecified atom stereocenters. The highest BCUT2D eigenvalue weighted by Crippen LogP contribution is 2.28. The van der Waals surface area contributed by atoms with Crippen molar-refractivity contribution in [2.24, 2.45) is 9.98 Å². The minimum atomic E-state index is 0.494. The minimum Gasteiger partial charge on any atom is -0.491 e. The van der Waals surface area contributed by atoms with Gasteiger partial charge in [0.05, 0.1) is 17.3 Å². The zero-order chi connectivity index (χ0) is 23.6. The van der Waals surface area contributed by atoms with E-state index >= 15 is 0 Å². The van der Waals surface area contributed by atoms with Gasteiger partial charge in [-0.05, 0) is 49.5 Å². The van der Waals surface area contributed by atoms with Gasteiger partial charge in [-0.1, -0.05) is 23.7 Å². The normalized spacial score (nSPS) is 11.9. The SMILES string of the molecule is C=N/C(=C\C(=NC)n1ccnc1Nc1c(C)cccc1Cl)Nc1ccc(OCCOC)cc1. The molecule has 2 N–H and O–H groups in total. The molecule has 0 bridgehead atoms. The van der Waals surface area contributed by atoms with Crippen LogP contribution in [0.3, 0.4) is 0 Å². The third kappa shape index (κ3) is 6.44. The fourth-order valence-electron chi connectivity index (χ4n) is 2.99. The van der Waals surface area contributed by atoms with Gasteiger partial charge in [-0.2, -0.15) is 0 Å². The highest BCUT2D eigenvalue weighted by Gasteiger charge is 2.11. The molecule has 33 heavy (non-hydrogen) atoms. The highest BCUT2D eigenvalue weighted by atomic mass is 35.5. The van der Waals surface area contributed by atoms with Crippen LogP contribution in [0.2, 0.25) is 5.02 Å². The van der Waals surface area contributed by atoms with E-state index in [0.717, 1.165) is 22.7 Å². The quantitative estimate of drug-likeness (QED) is 0.245. The van der Waals surface area contributed by atoms with Gasteiger partial charge in [0.15, 0.2) is 0 Å². The van der Waals surface area contributed by atoms with Crippen molar-refractivity contribution in [3.05, 3.63) is 77.3 Å². The summed E-state index contributed by atoms with van der Waals surface area (Å²) >= 11 is 6.37. The summed E-state index contributed by atoms with van der Waals surface area (Å²) in [6.07, 6.45) is 5.27. The Bertz CT molecular complexity index is 1120. The number of ether oxygens (including phenoxy) is 2. The fraction of sp³-hybridized carbons (Fsp3) is 0.208. The van der Waals surface area contributed by atoms with Crippen molar-refractivity contribution in [2.75, 3.05) is 38.0 Å². The number of anilines is 3. The van der Waals surface area contributed by atoms with E-state index < -0.39 is 0 Å². The molecule has 172 valence electrons. The third-order valence-corrected chi connectivity index (χ3v) is 5.01. The Morgan fingerprint density at radius 3 is 2.67 bits per heavy atom. The average Bonchev–Trinajstić information content (AvgIpc) is 3.28. The maximum Gasteiger partial charge on any atom is 0.213 e. The minimum absolute atomic E-state index is 0.494. The number of hydrogen-bond acceptors (Lipinski definition) is 7. The summed E-state index contributed by atoms with van der Waals surface area (Å²) in [5, 5.41) is 7.14. The van der Waals surface area contributed by atoms with Crippen LogP contribution in [0, 0.1) is 6.92 Å². The Hall–Kier alpha value is -3.62. The van der Waals surface area contributed by atoms with Crippen molar-refractivity contribution in [1.29, 1.82) is 0 Å². The second-order valence-electron chi connectivity index (χ2n) is 6.94. The summed E-state index contributed by atoms with van der Waals surface area (Å²) in [7, 11) is 3.34. The Labute approximate surface area is 198 Å². The van der Waals surface area contributed by atoms with Crippen molar-refractivity contribution >= 4 is 41.5 Å². The first-order chi connectivity index (χ1) is 16.0. The lowest BCUT2D eigenvalue weighted by Gasteiger charge is -2.14. The summed E-state index contributed by atoms with van der Waals surface area (Å²) in [6.45, 7) is 6.68. The summed E-state index contributed by atoms with van der Waals surface area (Å²) in [5.41, 5.74) is 2.63. The highest BCUT2D eigenvalue weighted by molar-refractivity contribution is 6.33. The molecule has 0 aliphatic heterocycles. The lowest BCUT2D eigenvalue weighted by Crippen LogP contribution is -2.14. The molecule has 1 aromatic heterocycles. The molecule has 0 spiro atoms. The number of benzene rings is 2. The largest absolute Gasteiger partial charge is 0.491 e. The predicted octanol–water partition coefficient (Wildman–Crippen LogP) is 5.14. The molecule has 0 amide bonds. The molecular formula is C24H27ClN6O2. The van der Waals surface area contributed by atoms with E-state index in [2.05, 4.69) is 32.3 Å². The molecule has 0 atom stereocenters. The van der Waals surface area contributed by atoms with Crippen molar-refractivity contribution in [1.82, 2.24) is 9.55 Å². The molecule has 0 fully saturated rings. The first kappa shape index (κ1) is 24.0. The van der Waals surface area contributed by atoms with Crippen molar-refractivity contribution in [3.63, 3.8) is 0 Å². The van der Waals surface area contributed by atoms with Crippen LogP contribution in [0.5, 0.6) is 5.75 Å². The maximum absolute atomic E-state index is 6.37. The number of aliphatic imine (C=N–C) groups is 2. The van der Waals surface area contributed by atoms with Crippen molar-refractivity contribution < 1.29 is 9.47 Å². The number of aryl methyl sites for hydroxylation is 1. The van der Waals surface area contributed by atoms with Gasteiger partial charge in [0, 0.05) is 38.3 Å². The second kappa shape index (κ2) is 11.8. The number of hydrogen-bond donors (Lipinski definition) is 2. The Morgan fingerprint density at radius 1 is 1.21 bits per heavy atom. The molecule has 9 heteroatoms. The number of aromatic nitrogens is 2. The van der Waals surface area contributed by atoms with E-state index in [1.807, 2.05) is 54.0 Å². The van der Waals surface area contributed by atoms with E-state index in [-0.39, 0.29) is 0 Å². The van der Waals surface area contributed by atoms with Crippen LogP contribution in [0.4, 0.5) is 17.3 Å². The number of allylic oxidation sites excluding steroid dienone is 1. The lowest BCUT2D eigenvalue weighted by atomic mass is 10.2. The Morgan fingerprint density at radius 2 is 2.00 bits per heavy atom. The van der Waals surface area contributed by atoms with Gasteiger partial charge in [0.2, 0.25) is 5.95 Å². The smallest absolute Gasteiger partial charge is 0.213 e. The van der Waals surface area contributed by atoms with Gasteiger partial charge in [-0.15, -0.1) is 0 Å². The monoisotopic (exact) mass is 466 g/mol. The molecule has 2 aromatic carbocycles. The van der Waals surface area contributed by atoms with Crippen molar-refractivity contribution in [3.8, 4) is 5.75 Å². The molecule has 8 nitrogen and oxygen atoms in total. The Balaban J connectivity index is 1.77. The number of halogens is 1. The van der Waals surface area contributed by atoms with E-state index in [1.54, 1.807) is 32.6 Å². The van der Waals surface area contributed by atoms with Gasteiger partial charge >= 0.3 is 0 Å². The van der Waals surface area contributed by atoms with Gasteiger partial charge in [0.1, 0.15) is 24.0 Å². The fourth-order valence-corrected chi connectivity index (χ4v) is 3.26. The van der Waals surface area contributed by atoms with Crippen LogP contribution in [0.1, 0.15) is 5.56 Å². The second-order valence-corrected chi connectivity index (χ2v) is 7.34. The van der Waals surface area contributed by atoms with Crippen LogP contribution in [0.25, 0.3) is 0 Å². The number of rotatable bonds is 10. The van der Waals surface area contributed by atoms with Crippen LogP contribution in [0.15, 0.2) is 76.7 Å². The topological polar surface area (TPSA) is 85.1 Å². The third-order valence-electron chi connectivity index (χ3n) is 4.69. The van der Waals surface area contributed by atoms with Crippen LogP contribution < -0.4 is 15.4 Å². The first-order valence-electron chi connectivity index (χ1n) is 10.3. The molecule has 0 radical (unpaired) electrons. The van der Waals surface area contributed by atoms with E-state index in [4.69, 9.17) is 21.1 Å². The van der Waals surface area contributed by atoms with Crippen molar-refractivity contribution in [2.45, 2.75) is 6.92 Å². The predicted molar refractivity (Wildman–Crippen MR) is 136 cm³/mol. The molecule has 3 aromatic rings. The zero-order valence-corrected chi connectivity index (χ0v) is 19.6. The maximum atomic E-state index is 6.37. The lowest BCUT2D eigenvalue weighted by molar-refractivity contribution is 0.146. The molecular weight excluding hydrogens is 440 g/mol. The van der Waals surface area contributed by atoms with Gasteiger partial charge < -0.3 is 20.1 Å². The number of methoxy groups -OCH3 is 1. The number of nitrogens with one attached hydrogen (secondary N) is 2. The average molecular weight is 467 g/mol. The standard InChI is InChI=1S/C24H27ClN6O2/c1-17-6-5-7-20(25)23(17)30-24-28-12-13-31(24)22(27-3)16-21(26-2)29-18-8-10-19(11-9-18)33-15-14-32-4/h5-13,16,29H,2,14-15H2,1,3-4H3,(H,28,30)/b21-16+,27-22?. The number of para-hydroxylation sites is 1. The molecule has 0 saturated heterocycles. The van der Waals surface area contributed by atoms with E-state index in [0.29, 0.717) is 35.8 Å². The Kier molecular flexibility index (Phi) is 8.63. The zero-order valence-electron chi connectivity index (χ0n) is 18.9. The molecule has 0 aliphatic carbocycles. The molecule has 0 aliphatic rings. The van der Waals surface area contributed by atoms with Crippen LogP contribution in [-0.2, 0) is 4.74 Å². The molecule has 0 saturated carbocycles. The van der Waals surface area contributed by atoms with Crippen LogP contribution in [-0.4, -0.2) is 49.5 Å². The first-order valence-corrected chi connectivity index (χ1v) is 10.6. The molecule has 3 rings (SSSR count). The van der Waals surface area contributed by atoms with Gasteiger partial charge in [-0.25, -0.2) is 9.98 Å². The summed E-state index contributed by atoms with van der Waals surface area (Å²) < 4.78 is 12.4. The number of nitrogens with zero attached hydrogens (tertiary/aromatic N) is 4. The van der Waals surface area contributed by atoms with Gasteiger partial charge in [-0.3, -0.25) is 9.56 Å². The number of imidazole rings is 1. The van der Waals surface area contributed by atoms with Gasteiger partial charge in [0.25, 0.3) is 0 Å².